The maximum Gasteiger partial charge on any atom is 0.267 e. The van der Waals surface area contributed by atoms with Crippen LogP contribution in [0.2, 0.25) is 0 Å². The normalized spacial score (nSPS) is 10.3. The number of hydrogen-bond acceptors (Lipinski definition) is 4. The molecule has 0 aromatic carbocycles. The number of hydrogen-bond donors (Lipinski definition) is 2. The first-order valence-corrected chi connectivity index (χ1v) is 6.58. The molecule has 0 aliphatic carbocycles. The lowest BCUT2D eigenvalue weighted by Gasteiger charge is -2.05. The Bertz CT molecular complexity index is 551. The quantitative estimate of drug-likeness (QED) is 0.868. The summed E-state index contributed by atoms with van der Waals surface area (Å²) < 4.78 is 0. The van der Waals surface area contributed by atoms with Crippen molar-refractivity contribution >= 4 is 22.9 Å². The molecule has 2 heterocycles. The molecule has 0 aliphatic rings. The second-order valence-corrected chi connectivity index (χ2v) is 5.12. The molecule has 2 rings (SSSR count). The second-order valence-electron chi connectivity index (χ2n) is 3.87. The van der Waals surface area contributed by atoms with Gasteiger partial charge < -0.3 is 11.1 Å². The number of nitrogens with zero attached hydrogens (tertiary/aromatic N) is 1. The molecule has 94 valence electrons. The van der Waals surface area contributed by atoms with Gasteiger partial charge in [0.05, 0.1) is 0 Å². The van der Waals surface area contributed by atoms with Gasteiger partial charge in [0.15, 0.2) is 0 Å². The zero-order chi connectivity index (χ0) is 13.0. The van der Waals surface area contributed by atoms with E-state index in [1.165, 1.54) is 9.75 Å². The minimum Gasteiger partial charge on any atom is -0.380 e. The zero-order valence-corrected chi connectivity index (χ0v) is 11.0. The summed E-state index contributed by atoms with van der Waals surface area (Å²) in [6, 6.07) is 7.74. The summed E-state index contributed by atoms with van der Waals surface area (Å²) in [5.41, 5.74) is 6.31. The van der Waals surface area contributed by atoms with Crippen molar-refractivity contribution in [2.24, 2.45) is 5.73 Å². The fraction of sp³-hybridized carbons (Fsp3) is 0.231. The zero-order valence-electron chi connectivity index (χ0n) is 10.1. The Labute approximate surface area is 110 Å². The van der Waals surface area contributed by atoms with Crippen molar-refractivity contribution in [2.45, 2.75) is 19.9 Å². The topological polar surface area (TPSA) is 68.0 Å². The van der Waals surface area contributed by atoms with Crippen molar-refractivity contribution < 1.29 is 4.79 Å². The van der Waals surface area contributed by atoms with E-state index in [4.69, 9.17) is 5.73 Å². The standard InChI is InChI=1S/C13H15N3OS/c1-2-10-3-4-11(18-10)8-16-9-5-6-15-12(7-9)13(14)17/h3-7H,2,8H2,1H3,(H2,14,17)(H,15,16). The molecule has 0 bridgehead atoms. The maximum atomic E-state index is 11.0. The summed E-state index contributed by atoms with van der Waals surface area (Å²) in [5, 5.41) is 3.26. The van der Waals surface area contributed by atoms with E-state index in [0.717, 1.165) is 18.7 Å². The molecule has 0 aliphatic heterocycles. The molecule has 2 aromatic rings. The molecule has 0 saturated carbocycles. The van der Waals surface area contributed by atoms with Crippen molar-refractivity contribution in [2.75, 3.05) is 5.32 Å². The molecule has 0 unspecified atom stereocenters. The van der Waals surface area contributed by atoms with Gasteiger partial charge in [0.1, 0.15) is 5.69 Å². The Kier molecular flexibility index (Phi) is 3.94. The van der Waals surface area contributed by atoms with Crippen molar-refractivity contribution in [3.63, 3.8) is 0 Å². The van der Waals surface area contributed by atoms with Crippen LogP contribution in [-0.2, 0) is 13.0 Å². The number of thiophene rings is 1. The van der Waals surface area contributed by atoms with Gasteiger partial charge in [0, 0.05) is 28.2 Å². The van der Waals surface area contributed by atoms with Gasteiger partial charge in [-0.1, -0.05) is 6.92 Å². The lowest BCUT2D eigenvalue weighted by molar-refractivity contribution is 0.0995. The van der Waals surface area contributed by atoms with Crippen molar-refractivity contribution in [3.05, 3.63) is 45.9 Å². The van der Waals surface area contributed by atoms with Gasteiger partial charge in [-0.3, -0.25) is 9.78 Å². The highest BCUT2D eigenvalue weighted by Crippen LogP contribution is 2.18. The van der Waals surface area contributed by atoms with Gasteiger partial charge in [0.25, 0.3) is 5.91 Å². The Balaban J connectivity index is 2.01. The molecular weight excluding hydrogens is 246 g/mol. The van der Waals surface area contributed by atoms with Crippen LogP contribution in [0, 0.1) is 0 Å². The van der Waals surface area contributed by atoms with Crippen molar-refractivity contribution in [1.29, 1.82) is 0 Å². The smallest absolute Gasteiger partial charge is 0.267 e. The number of rotatable bonds is 5. The van der Waals surface area contributed by atoms with E-state index in [9.17, 15) is 4.79 Å². The van der Waals surface area contributed by atoms with E-state index in [-0.39, 0.29) is 5.69 Å². The molecule has 0 fully saturated rings. The second kappa shape index (κ2) is 5.64. The number of nitrogens with one attached hydrogen (secondary N) is 1. The number of aromatic nitrogens is 1. The van der Waals surface area contributed by atoms with E-state index < -0.39 is 5.91 Å². The molecule has 18 heavy (non-hydrogen) atoms. The number of nitrogens with two attached hydrogens (primary N) is 1. The first-order chi connectivity index (χ1) is 8.69. The summed E-state index contributed by atoms with van der Waals surface area (Å²) in [4.78, 5) is 17.5. The van der Waals surface area contributed by atoms with E-state index in [0.29, 0.717) is 0 Å². The summed E-state index contributed by atoms with van der Waals surface area (Å²) >= 11 is 1.79. The van der Waals surface area contributed by atoms with Crippen LogP contribution < -0.4 is 11.1 Å². The molecule has 5 heteroatoms. The van der Waals surface area contributed by atoms with Crippen LogP contribution in [0.25, 0.3) is 0 Å². The fourth-order valence-electron chi connectivity index (χ4n) is 1.57. The van der Waals surface area contributed by atoms with Crippen LogP contribution in [0.4, 0.5) is 5.69 Å². The third-order valence-corrected chi connectivity index (χ3v) is 3.77. The summed E-state index contributed by atoms with van der Waals surface area (Å²) in [7, 11) is 0. The van der Waals surface area contributed by atoms with Crippen LogP contribution in [0.1, 0.15) is 27.2 Å². The average molecular weight is 261 g/mol. The molecule has 4 nitrogen and oxygen atoms in total. The number of primary amides is 1. The van der Waals surface area contributed by atoms with Crippen LogP contribution in [0.5, 0.6) is 0 Å². The van der Waals surface area contributed by atoms with Gasteiger partial charge in [0.2, 0.25) is 0 Å². The fourth-order valence-corrected chi connectivity index (χ4v) is 2.47. The molecule has 0 radical (unpaired) electrons. The highest BCUT2D eigenvalue weighted by molar-refractivity contribution is 7.12. The Morgan fingerprint density at radius 1 is 1.39 bits per heavy atom. The lowest BCUT2D eigenvalue weighted by atomic mass is 10.3. The number of pyridine rings is 1. The summed E-state index contributed by atoms with van der Waals surface area (Å²) in [5.74, 6) is -0.511. The molecule has 3 N–H and O–H groups in total. The third kappa shape index (κ3) is 3.07. The van der Waals surface area contributed by atoms with Gasteiger partial charge >= 0.3 is 0 Å². The first kappa shape index (κ1) is 12.6. The van der Waals surface area contributed by atoms with E-state index >= 15 is 0 Å². The Hall–Kier alpha value is -1.88. The van der Waals surface area contributed by atoms with Crippen molar-refractivity contribution in [1.82, 2.24) is 4.98 Å². The Morgan fingerprint density at radius 2 is 2.17 bits per heavy atom. The van der Waals surface area contributed by atoms with Crippen LogP contribution >= 0.6 is 11.3 Å². The molecule has 0 atom stereocenters. The van der Waals surface area contributed by atoms with Crippen LogP contribution in [0.3, 0.4) is 0 Å². The maximum absolute atomic E-state index is 11.0. The predicted octanol–water partition coefficient (Wildman–Crippen LogP) is 2.42. The SMILES string of the molecule is CCc1ccc(CNc2ccnc(C(N)=O)c2)s1. The minimum absolute atomic E-state index is 0.278. The number of carbonyl (C=O) groups is 1. The highest BCUT2D eigenvalue weighted by atomic mass is 32.1. The number of carbonyl (C=O) groups excluding carboxylic acids is 1. The minimum atomic E-state index is -0.511. The van der Waals surface area contributed by atoms with Gasteiger partial charge in [-0.2, -0.15) is 0 Å². The van der Waals surface area contributed by atoms with E-state index in [2.05, 4.69) is 29.4 Å². The molecule has 2 aromatic heterocycles. The highest BCUT2D eigenvalue weighted by Gasteiger charge is 2.03. The van der Waals surface area contributed by atoms with Gasteiger partial charge in [-0.25, -0.2) is 0 Å². The number of amides is 1. The van der Waals surface area contributed by atoms with E-state index in [1.54, 1.807) is 23.6 Å². The van der Waals surface area contributed by atoms with E-state index in [1.807, 2.05) is 6.07 Å². The van der Waals surface area contributed by atoms with Gasteiger partial charge in [-0.05, 0) is 30.7 Å². The summed E-state index contributed by atoms with van der Waals surface area (Å²) in [6.45, 7) is 2.89. The van der Waals surface area contributed by atoms with Crippen molar-refractivity contribution in [3.8, 4) is 0 Å². The number of anilines is 1. The Morgan fingerprint density at radius 3 is 2.83 bits per heavy atom. The van der Waals surface area contributed by atoms with Gasteiger partial charge in [-0.15, -0.1) is 11.3 Å². The summed E-state index contributed by atoms with van der Waals surface area (Å²) in [6.07, 6.45) is 2.64. The lowest BCUT2D eigenvalue weighted by Crippen LogP contribution is -2.13. The molecule has 1 amide bonds. The predicted molar refractivity (Wildman–Crippen MR) is 73.8 cm³/mol. The monoisotopic (exact) mass is 261 g/mol. The number of aryl methyl sites for hydroxylation is 1. The van der Waals surface area contributed by atoms with Crippen LogP contribution in [-0.4, -0.2) is 10.9 Å². The molecule has 0 spiro atoms. The molecule has 0 saturated heterocycles. The average Bonchev–Trinajstić information content (AvgIpc) is 2.84. The van der Waals surface area contributed by atoms with Crippen LogP contribution in [0.15, 0.2) is 30.5 Å². The third-order valence-electron chi connectivity index (χ3n) is 2.54. The molecular formula is C13H15N3OS. The largest absolute Gasteiger partial charge is 0.380 e. The first-order valence-electron chi connectivity index (χ1n) is 5.76.